The number of hydrogen-bond donors (Lipinski definition) is 3. The Balaban J connectivity index is 1.06. The second-order valence-electron chi connectivity index (χ2n) is 10.2. The lowest BCUT2D eigenvalue weighted by atomic mass is 9.92. The van der Waals surface area contributed by atoms with Crippen LogP contribution in [0.15, 0.2) is 91.1 Å². The number of anilines is 1. The number of amides is 2. The molecule has 1 saturated carbocycles. The zero-order valence-electron chi connectivity index (χ0n) is 23.2. The summed E-state index contributed by atoms with van der Waals surface area (Å²) in [5.74, 6) is 0.110. The van der Waals surface area contributed by atoms with Crippen LogP contribution in [0.4, 0.5) is 5.69 Å². The first kappa shape index (κ1) is 29.6. The molecule has 3 N–H and O–H groups in total. The third-order valence-corrected chi connectivity index (χ3v) is 7.27. The van der Waals surface area contributed by atoms with E-state index in [4.69, 9.17) is 21.1 Å². The minimum atomic E-state index is -1.11. The predicted octanol–water partition coefficient (Wildman–Crippen LogP) is 6.53. The summed E-state index contributed by atoms with van der Waals surface area (Å²) >= 11 is 6.00. The highest BCUT2D eigenvalue weighted by molar-refractivity contribution is 6.31. The van der Waals surface area contributed by atoms with E-state index in [0.717, 1.165) is 31.4 Å². The van der Waals surface area contributed by atoms with Crippen LogP contribution < -0.4 is 20.1 Å². The van der Waals surface area contributed by atoms with Crippen molar-refractivity contribution in [2.45, 2.75) is 44.2 Å². The van der Waals surface area contributed by atoms with Crippen molar-refractivity contribution in [3.8, 4) is 17.4 Å². The van der Waals surface area contributed by atoms with Crippen molar-refractivity contribution in [3.05, 3.63) is 113 Å². The Kier molecular flexibility index (Phi) is 9.53. The van der Waals surface area contributed by atoms with Crippen molar-refractivity contribution >= 4 is 35.1 Å². The molecule has 220 valence electrons. The van der Waals surface area contributed by atoms with Gasteiger partial charge in [0.25, 0.3) is 5.91 Å². The van der Waals surface area contributed by atoms with Gasteiger partial charge >= 0.3 is 5.97 Å². The smallest absolute Gasteiger partial charge is 0.337 e. The van der Waals surface area contributed by atoms with E-state index < -0.39 is 5.97 Å². The average molecular weight is 600 g/mol. The number of halogens is 1. The van der Waals surface area contributed by atoms with Gasteiger partial charge in [0.05, 0.1) is 23.8 Å². The number of pyridine rings is 1. The zero-order chi connectivity index (χ0) is 30.2. The van der Waals surface area contributed by atoms with E-state index in [-0.39, 0.29) is 41.6 Å². The van der Waals surface area contributed by atoms with Crippen molar-refractivity contribution in [1.29, 1.82) is 0 Å². The maximum absolute atomic E-state index is 12.5. The van der Waals surface area contributed by atoms with Crippen LogP contribution in [-0.4, -0.2) is 40.0 Å². The van der Waals surface area contributed by atoms with Crippen molar-refractivity contribution < 1.29 is 29.0 Å². The molecule has 1 heterocycles. The molecule has 10 heteroatoms. The molecule has 0 radical (unpaired) electrons. The molecule has 0 spiro atoms. The fourth-order valence-corrected chi connectivity index (χ4v) is 5.05. The lowest BCUT2D eigenvalue weighted by molar-refractivity contribution is -0.115. The quantitative estimate of drug-likeness (QED) is 0.189. The Hall–Kier alpha value is -4.89. The Bertz CT molecular complexity index is 1590. The van der Waals surface area contributed by atoms with Crippen LogP contribution in [0, 0.1) is 0 Å². The molecule has 1 aliphatic rings. The van der Waals surface area contributed by atoms with Crippen molar-refractivity contribution in [1.82, 2.24) is 10.3 Å². The molecular formula is C33H30ClN3O6. The number of aromatic carboxylic acids is 1. The normalized spacial score (nSPS) is 16.1. The van der Waals surface area contributed by atoms with Gasteiger partial charge in [0.15, 0.2) is 0 Å². The molecule has 0 saturated heterocycles. The van der Waals surface area contributed by atoms with Gasteiger partial charge in [0.2, 0.25) is 11.8 Å². The highest BCUT2D eigenvalue weighted by atomic mass is 35.5. The topological polar surface area (TPSA) is 127 Å². The summed E-state index contributed by atoms with van der Waals surface area (Å²) in [6.45, 7) is 0. The second kappa shape index (κ2) is 13.8. The number of ether oxygens (including phenoxy) is 2. The molecular weight excluding hydrogens is 570 g/mol. The van der Waals surface area contributed by atoms with Crippen LogP contribution in [0.25, 0.3) is 0 Å². The summed E-state index contributed by atoms with van der Waals surface area (Å²) in [5, 5.41) is 15.5. The molecule has 1 fully saturated rings. The van der Waals surface area contributed by atoms with Crippen molar-refractivity contribution in [3.63, 3.8) is 0 Å². The molecule has 1 aromatic heterocycles. The molecule has 3 aromatic carbocycles. The molecule has 5 rings (SSSR count). The van der Waals surface area contributed by atoms with Gasteiger partial charge in [-0.15, -0.1) is 0 Å². The Morgan fingerprint density at radius 1 is 0.884 bits per heavy atom. The lowest BCUT2D eigenvalue weighted by Gasteiger charge is -2.29. The molecule has 0 aliphatic heterocycles. The predicted molar refractivity (Wildman–Crippen MR) is 162 cm³/mol. The maximum atomic E-state index is 12.5. The molecule has 0 bridgehead atoms. The fourth-order valence-electron chi connectivity index (χ4n) is 4.86. The summed E-state index contributed by atoms with van der Waals surface area (Å²) in [6.07, 6.45) is 4.97. The van der Waals surface area contributed by atoms with Gasteiger partial charge < -0.3 is 25.2 Å². The number of aromatic nitrogens is 1. The lowest BCUT2D eigenvalue weighted by Crippen LogP contribution is -2.39. The van der Waals surface area contributed by atoms with E-state index >= 15 is 0 Å². The van der Waals surface area contributed by atoms with Gasteiger partial charge in [-0.25, -0.2) is 9.78 Å². The van der Waals surface area contributed by atoms with Crippen LogP contribution in [0.3, 0.4) is 0 Å². The monoisotopic (exact) mass is 599 g/mol. The minimum absolute atomic E-state index is 0.0254. The molecule has 4 aromatic rings. The van der Waals surface area contributed by atoms with Crippen LogP contribution in [-0.2, 0) is 11.2 Å². The highest BCUT2D eigenvalue weighted by Crippen LogP contribution is 2.27. The van der Waals surface area contributed by atoms with Gasteiger partial charge in [-0.05, 0) is 85.8 Å². The first-order valence-electron chi connectivity index (χ1n) is 13.9. The number of nitrogens with zero attached hydrogens (tertiary/aromatic N) is 1. The molecule has 9 nitrogen and oxygen atoms in total. The third kappa shape index (κ3) is 8.33. The van der Waals surface area contributed by atoms with Gasteiger partial charge in [-0.3, -0.25) is 9.59 Å². The summed E-state index contributed by atoms with van der Waals surface area (Å²) in [7, 11) is 0. The minimum Gasteiger partial charge on any atom is -0.490 e. The Labute approximate surface area is 253 Å². The van der Waals surface area contributed by atoms with Crippen LogP contribution in [0.1, 0.15) is 52.0 Å². The van der Waals surface area contributed by atoms with E-state index in [0.29, 0.717) is 27.8 Å². The van der Waals surface area contributed by atoms with E-state index in [1.165, 1.54) is 6.07 Å². The van der Waals surface area contributed by atoms with E-state index in [2.05, 4.69) is 15.6 Å². The van der Waals surface area contributed by atoms with E-state index in [9.17, 15) is 19.5 Å². The van der Waals surface area contributed by atoms with Crippen molar-refractivity contribution in [2.24, 2.45) is 0 Å². The largest absolute Gasteiger partial charge is 0.490 e. The number of nitrogens with one attached hydrogen (secondary N) is 2. The number of carboxylic acids is 1. The van der Waals surface area contributed by atoms with Gasteiger partial charge in [0, 0.05) is 28.9 Å². The number of para-hydroxylation sites is 1. The fraction of sp³-hybridized carbons (Fsp3) is 0.212. The van der Waals surface area contributed by atoms with Crippen LogP contribution in [0.5, 0.6) is 17.4 Å². The second-order valence-corrected chi connectivity index (χ2v) is 10.7. The Morgan fingerprint density at radius 3 is 2.33 bits per heavy atom. The maximum Gasteiger partial charge on any atom is 0.337 e. The van der Waals surface area contributed by atoms with Crippen LogP contribution >= 0.6 is 11.6 Å². The average Bonchev–Trinajstić information content (AvgIpc) is 3.00. The standard InChI is InChI=1S/C33H30ClN3O6/c34-23-5-3-4-22(19-23)32(39)36-24-9-11-25(12-10-24)42-26-13-15-27(16-14-26)43-31-17-8-21(20-35-31)18-30(38)37-29-7-2-1-6-28(29)33(40)41/h1-8,13-17,19-20,24-25H,9-12,18H2,(H,36,39)(H,37,38)(H,40,41). The SMILES string of the molecule is O=C(Cc1ccc(Oc2ccc(OC3CCC(NC(=O)c4cccc(Cl)c4)CC3)cc2)nc1)Nc1ccccc1C(=O)O. The third-order valence-electron chi connectivity index (χ3n) is 7.04. The zero-order valence-corrected chi connectivity index (χ0v) is 23.9. The number of rotatable bonds is 10. The summed E-state index contributed by atoms with van der Waals surface area (Å²) in [4.78, 5) is 40.6. The first-order valence-corrected chi connectivity index (χ1v) is 14.3. The van der Waals surface area contributed by atoms with E-state index in [1.54, 1.807) is 72.9 Å². The number of hydrogen-bond acceptors (Lipinski definition) is 6. The summed E-state index contributed by atoms with van der Waals surface area (Å²) < 4.78 is 12.0. The number of carbonyl (C=O) groups excluding carboxylic acids is 2. The highest BCUT2D eigenvalue weighted by Gasteiger charge is 2.24. The van der Waals surface area contributed by atoms with Crippen molar-refractivity contribution in [2.75, 3.05) is 5.32 Å². The molecule has 0 unspecified atom stereocenters. The van der Waals surface area contributed by atoms with Gasteiger partial charge in [-0.2, -0.15) is 0 Å². The number of carboxylic acid groups (broad SMARTS) is 1. The summed E-state index contributed by atoms with van der Waals surface area (Å²) in [5.41, 5.74) is 1.48. The Morgan fingerprint density at radius 2 is 1.63 bits per heavy atom. The summed E-state index contributed by atoms with van der Waals surface area (Å²) in [6, 6.07) is 24.0. The molecule has 1 aliphatic carbocycles. The molecule has 2 amide bonds. The number of carbonyl (C=O) groups is 3. The molecule has 0 atom stereocenters. The molecule has 43 heavy (non-hydrogen) atoms. The van der Waals surface area contributed by atoms with Crippen LogP contribution in [0.2, 0.25) is 5.02 Å². The van der Waals surface area contributed by atoms with Gasteiger partial charge in [-0.1, -0.05) is 35.9 Å². The number of benzene rings is 3. The first-order chi connectivity index (χ1) is 20.8. The van der Waals surface area contributed by atoms with E-state index in [1.807, 2.05) is 12.1 Å². The van der Waals surface area contributed by atoms with Gasteiger partial charge in [0.1, 0.15) is 11.5 Å².